The minimum Gasteiger partial charge on any atom is -0.306 e. The lowest BCUT2D eigenvalue weighted by atomic mass is 10.0. The highest BCUT2D eigenvalue weighted by atomic mass is 79.9. The number of aryl methyl sites for hydroxylation is 1. The maximum absolute atomic E-state index is 6.35. The number of halogens is 2. The summed E-state index contributed by atoms with van der Waals surface area (Å²) in [6.07, 6.45) is 3.96. The summed E-state index contributed by atoms with van der Waals surface area (Å²) in [7, 11) is 0. The highest BCUT2D eigenvalue weighted by Crippen LogP contribution is 2.30. The fourth-order valence-electron chi connectivity index (χ4n) is 2.05. The van der Waals surface area contributed by atoms with Crippen molar-refractivity contribution in [2.75, 3.05) is 6.54 Å². The second-order valence-electron chi connectivity index (χ2n) is 4.29. The highest BCUT2D eigenvalue weighted by Gasteiger charge is 2.17. The minimum atomic E-state index is 0.0749. The molecule has 2 rings (SSSR count). The van der Waals surface area contributed by atoms with E-state index >= 15 is 0 Å². The van der Waals surface area contributed by atoms with Crippen LogP contribution >= 0.6 is 27.5 Å². The first-order valence-electron chi connectivity index (χ1n) is 6.36. The van der Waals surface area contributed by atoms with Gasteiger partial charge in [-0.05, 0) is 31.2 Å². The molecule has 0 bridgehead atoms. The largest absolute Gasteiger partial charge is 0.306 e. The maximum atomic E-state index is 6.35. The molecule has 0 radical (unpaired) electrons. The first kappa shape index (κ1) is 14.6. The predicted octanol–water partition coefficient (Wildman–Crippen LogP) is 4.02. The SMILES string of the molecule is CCNC(c1cnn(CC)c1)c1ccc(Br)cc1Cl. The summed E-state index contributed by atoms with van der Waals surface area (Å²) in [6, 6.07) is 6.05. The van der Waals surface area contributed by atoms with Crippen molar-refractivity contribution in [3.63, 3.8) is 0 Å². The Morgan fingerprint density at radius 2 is 2.21 bits per heavy atom. The zero-order valence-electron chi connectivity index (χ0n) is 11.0. The number of aromatic nitrogens is 2. The van der Waals surface area contributed by atoms with Crippen molar-refractivity contribution in [3.8, 4) is 0 Å². The minimum absolute atomic E-state index is 0.0749. The molecule has 0 saturated carbocycles. The van der Waals surface area contributed by atoms with Gasteiger partial charge in [0.2, 0.25) is 0 Å². The fourth-order valence-corrected chi connectivity index (χ4v) is 2.83. The lowest BCUT2D eigenvalue weighted by Crippen LogP contribution is -2.22. The summed E-state index contributed by atoms with van der Waals surface area (Å²) in [6.45, 7) is 5.90. The summed E-state index contributed by atoms with van der Waals surface area (Å²) in [5, 5.41) is 8.55. The standard InChI is InChI=1S/C14H17BrClN3/c1-3-17-14(10-8-18-19(4-2)9-10)12-6-5-11(15)7-13(12)16/h5-9,14,17H,3-4H2,1-2H3. The monoisotopic (exact) mass is 341 g/mol. The number of hydrogen-bond acceptors (Lipinski definition) is 2. The van der Waals surface area contributed by atoms with Crippen molar-refractivity contribution < 1.29 is 0 Å². The molecule has 1 atom stereocenters. The van der Waals surface area contributed by atoms with Crippen LogP contribution in [-0.4, -0.2) is 16.3 Å². The zero-order chi connectivity index (χ0) is 13.8. The highest BCUT2D eigenvalue weighted by molar-refractivity contribution is 9.10. The topological polar surface area (TPSA) is 29.9 Å². The Kier molecular flexibility index (Phi) is 5.02. The van der Waals surface area contributed by atoms with E-state index in [9.17, 15) is 0 Å². The molecule has 0 aliphatic heterocycles. The third-order valence-electron chi connectivity index (χ3n) is 2.99. The smallest absolute Gasteiger partial charge is 0.0622 e. The first-order chi connectivity index (χ1) is 9.15. The second kappa shape index (κ2) is 6.55. The van der Waals surface area contributed by atoms with Crippen molar-refractivity contribution >= 4 is 27.5 Å². The van der Waals surface area contributed by atoms with Gasteiger partial charge in [0, 0.05) is 27.8 Å². The van der Waals surface area contributed by atoms with Crippen LogP contribution in [0.25, 0.3) is 0 Å². The lowest BCUT2D eigenvalue weighted by Gasteiger charge is -2.18. The van der Waals surface area contributed by atoms with Crippen LogP contribution < -0.4 is 5.32 Å². The molecule has 0 spiro atoms. The van der Waals surface area contributed by atoms with Gasteiger partial charge in [0.1, 0.15) is 0 Å². The van der Waals surface area contributed by atoms with Gasteiger partial charge in [-0.2, -0.15) is 5.10 Å². The Labute approximate surface area is 127 Å². The molecular formula is C14H17BrClN3. The van der Waals surface area contributed by atoms with Crippen LogP contribution in [0.5, 0.6) is 0 Å². The van der Waals surface area contributed by atoms with Crippen molar-refractivity contribution in [2.24, 2.45) is 0 Å². The first-order valence-corrected chi connectivity index (χ1v) is 7.53. The van der Waals surface area contributed by atoms with Crippen LogP contribution in [0.1, 0.15) is 31.0 Å². The summed E-state index contributed by atoms with van der Waals surface area (Å²) < 4.78 is 2.91. The van der Waals surface area contributed by atoms with E-state index in [0.29, 0.717) is 0 Å². The van der Waals surface area contributed by atoms with E-state index in [-0.39, 0.29) is 6.04 Å². The van der Waals surface area contributed by atoms with Crippen molar-refractivity contribution in [1.29, 1.82) is 0 Å². The summed E-state index contributed by atoms with van der Waals surface area (Å²) in [4.78, 5) is 0. The van der Waals surface area contributed by atoms with Crippen LogP contribution in [0.2, 0.25) is 5.02 Å². The zero-order valence-corrected chi connectivity index (χ0v) is 13.4. The van der Waals surface area contributed by atoms with Gasteiger partial charge in [-0.1, -0.05) is 40.5 Å². The Morgan fingerprint density at radius 3 is 2.79 bits per heavy atom. The second-order valence-corrected chi connectivity index (χ2v) is 5.61. The maximum Gasteiger partial charge on any atom is 0.0622 e. The van der Waals surface area contributed by atoms with Crippen molar-refractivity contribution in [2.45, 2.75) is 26.4 Å². The summed E-state index contributed by atoms with van der Waals surface area (Å²) in [5.74, 6) is 0. The number of nitrogens with zero attached hydrogens (tertiary/aromatic N) is 2. The van der Waals surface area contributed by atoms with Gasteiger partial charge in [0.25, 0.3) is 0 Å². The molecule has 0 saturated heterocycles. The van der Waals surface area contributed by atoms with Crippen LogP contribution in [0, 0.1) is 0 Å². The van der Waals surface area contributed by atoms with Crippen LogP contribution in [0.4, 0.5) is 0 Å². The molecule has 1 heterocycles. The lowest BCUT2D eigenvalue weighted by molar-refractivity contribution is 0.625. The molecule has 1 aromatic carbocycles. The van der Waals surface area contributed by atoms with E-state index in [4.69, 9.17) is 11.6 Å². The molecular weight excluding hydrogens is 326 g/mol. The molecule has 1 unspecified atom stereocenters. The Morgan fingerprint density at radius 1 is 1.42 bits per heavy atom. The molecule has 2 aromatic rings. The molecule has 1 N–H and O–H groups in total. The van der Waals surface area contributed by atoms with Gasteiger partial charge in [-0.3, -0.25) is 4.68 Å². The van der Waals surface area contributed by atoms with Crippen molar-refractivity contribution in [3.05, 3.63) is 51.2 Å². The molecule has 1 aromatic heterocycles. The van der Waals surface area contributed by atoms with Crippen molar-refractivity contribution in [1.82, 2.24) is 15.1 Å². The normalized spacial score (nSPS) is 12.6. The average Bonchev–Trinajstić information content (AvgIpc) is 2.85. The van der Waals surface area contributed by atoms with Crippen LogP contribution in [0.15, 0.2) is 35.1 Å². The molecule has 3 nitrogen and oxygen atoms in total. The number of rotatable bonds is 5. The summed E-state index contributed by atoms with van der Waals surface area (Å²) >= 11 is 9.79. The quantitative estimate of drug-likeness (QED) is 0.889. The molecule has 0 amide bonds. The number of nitrogens with one attached hydrogen (secondary N) is 1. The van der Waals surface area contributed by atoms with E-state index in [0.717, 1.165) is 33.7 Å². The van der Waals surface area contributed by atoms with E-state index in [1.54, 1.807) is 0 Å². The van der Waals surface area contributed by atoms with Gasteiger partial charge in [-0.15, -0.1) is 0 Å². The molecule has 5 heteroatoms. The van der Waals surface area contributed by atoms with Gasteiger partial charge < -0.3 is 5.32 Å². The fraction of sp³-hybridized carbons (Fsp3) is 0.357. The molecule has 0 aliphatic rings. The Hall–Kier alpha value is -0.840. The van der Waals surface area contributed by atoms with Crippen LogP contribution in [0.3, 0.4) is 0 Å². The number of hydrogen-bond donors (Lipinski definition) is 1. The molecule has 0 aliphatic carbocycles. The van der Waals surface area contributed by atoms with Gasteiger partial charge in [-0.25, -0.2) is 0 Å². The average molecular weight is 343 g/mol. The Balaban J connectivity index is 2.38. The van der Waals surface area contributed by atoms with E-state index in [2.05, 4.69) is 46.4 Å². The van der Waals surface area contributed by atoms with E-state index in [1.165, 1.54) is 0 Å². The third-order valence-corrected chi connectivity index (χ3v) is 3.81. The van der Waals surface area contributed by atoms with E-state index in [1.807, 2.05) is 29.1 Å². The molecule has 102 valence electrons. The predicted molar refractivity (Wildman–Crippen MR) is 82.6 cm³/mol. The summed E-state index contributed by atoms with van der Waals surface area (Å²) in [5.41, 5.74) is 2.20. The molecule has 0 fully saturated rings. The number of benzene rings is 1. The third kappa shape index (κ3) is 3.38. The van der Waals surface area contributed by atoms with Crippen LogP contribution in [-0.2, 0) is 6.54 Å². The molecule has 19 heavy (non-hydrogen) atoms. The van der Waals surface area contributed by atoms with Gasteiger partial charge in [0.05, 0.1) is 12.2 Å². The van der Waals surface area contributed by atoms with Gasteiger partial charge in [0.15, 0.2) is 0 Å². The Bertz CT molecular complexity index is 553. The van der Waals surface area contributed by atoms with E-state index < -0.39 is 0 Å². The van der Waals surface area contributed by atoms with Gasteiger partial charge >= 0.3 is 0 Å².